The molecule has 1 aromatic carbocycles. The predicted molar refractivity (Wildman–Crippen MR) is 84.2 cm³/mol. The summed E-state index contributed by atoms with van der Waals surface area (Å²) in [5.74, 6) is -0.0123. The summed E-state index contributed by atoms with van der Waals surface area (Å²) in [5, 5.41) is 9.44. The second-order valence-electron chi connectivity index (χ2n) is 5.07. The van der Waals surface area contributed by atoms with Crippen LogP contribution in [0.4, 0.5) is 0 Å². The molecule has 1 fully saturated rings. The van der Waals surface area contributed by atoms with Crippen LogP contribution in [0.1, 0.15) is 31.2 Å². The fraction of sp³-hybridized carbons (Fsp3) is 0.438. The molecule has 0 aromatic heterocycles. The van der Waals surface area contributed by atoms with E-state index < -0.39 is 0 Å². The van der Waals surface area contributed by atoms with Gasteiger partial charge in [0.05, 0.1) is 12.6 Å². The molecule has 1 aromatic rings. The number of amides is 1. The third-order valence-electron chi connectivity index (χ3n) is 3.68. The minimum atomic E-state index is -0.0335. The predicted octanol–water partition coefficient (Wildman–Crippen LogP) is 3.23. The second kappa shape index (κ2) is 7.60. The van der Waals surface area contributed by atoms with Gasteiger partial charge < -0.3 is 10.0 Å². The first-order valence-electron chi connectivity index (χ1n) is 7.06. The molecule has 0 saturated carbocycles. The minimum absolute atomic E-state index is 0.0123. The van der Waals surface area contributed by atoms with Crippen molar-refractivity contribution >= 4 is 27.9 Å². The third kappa shape index (κ3) is 3.93. The average Bonchev–Trinajstić information content (AvgIpc) is 2.71. The fourth-order valence-corrected chi connectivity index (χ4v) is 2.94. The Morgan fingerprint density at radius 2 is 2.15 bits per heavy atom. The number of halogens is 1. The highest BCUT2D eigenvalue weighted by atomic mass is 79.9. The summed E-state index contributed by atoms with van der Waals surface area (Å²) in [6, 6.07) is 7.76. The lowest BCUT2D eigenvalue weighted by molar-refractivity contribution is -0.129. The van der Waals surface area contributed by atoms with Crippen molar-refractivity contribution in [2.45, 2.75) is 31.7 Å². The zero-order valence-corrected chi connectivity index (χ0v) is 13.1. The Kier molecular flexibility index (Phi) is 5.80. The normalized spacial score (nSPS) is 20.1. The van der Waals surface area contributed by atoms with Crippen LogP contribution in [0.3, 0.4) is 0 Å². The summed E-state index contributed by atoms with van der Waals surface area (Å²) >= 11 is 3.46. The van der Waals surface area contributed by atoms with Gasteiger partial charge in [0.1, 0.15) is 0 Å². The maximum absolute atomic E-state index is 12.3. The number of nitrogens with zero attached hydrogens (tertiary/aromatic N) is 1. The Bertz CT molecular complexity index is 487. The number of carbonyl (C=O) groups excluding carboxylic acids is 1. The van der Waals surface area contributed by atoms with E-state index in [1.165, 1.54) is 0 Å². The smallest absolute Gasteiger partial charge is 0.246 e. The maximum atomic E-state index is 12.3. The van der Waals surface area contributed by atoms with E-state index >= 15 is 0 Å². The maximum Gasteiger partial charge on any atom is 0.246 e. The van der Waals surface area contributed by atoms with Gasteiger partial charge in [-0.25, -0.2) is 0 Å². The van der Waals surface area contributed by atoms with Crippen LogP contribution in [0.25, 0.3) is 6.08 Å². The van der Waals surface area contributed by atoms with Crippen molar-refractivity contribution in [1.82, 2.24) is 4.90 Å². The van der Waals surface area contributed by atoms with Crippen molar-refractivity contribution in [3.63, 3.8) is 0 Å². The summed E-state index contributed by atoms with van der Waals surface area (Å²) in [5.41, 5.74) is 0.983. The molecule has 1 amide bonds. The molecule has 4 heteroatoms. The second-order valence-corrected chi connectivity index (χ2v) is 5.93. The van der Waals surface area contributed by atoms with Crippen molar-refractivity contribution in [3.8, 4) is 0 Å². The van der Waals surface area contributed by atoms with Crippen LogP contribution in [-0.2, 0) is 4.79 Å². The molecule has 1 unspecified atom stereocenters. The van der Waals surface area contributed by atoms with Gasteiger partial charge in [-0.1, -0.05) is 47.0 Å². The van der Waals surface area contributed by atoms with Gasteiger partial charge in [0, 0.05) is 17.1 Å². The van der Waals surface area contributed by atoms with Crippen LogP contribution >= 0.6 is 15.9 Å². The number of carbonyl (C=O) groups is 1. The number of benzene rings is 1. The first-order valence-corrected chi connectivity index (χ1v) is 7.85. The van der Waals surface area contributed by atoms with Crippen LogP contribution < -0.4 is 0 Å². The molecule has 1 aliphatic heterocycles. The summed E-state index contributed by atoms with van der Waals surface area (Å²) in [6.45, 7) is 0.791. The molecule has 0 aliphatic carbocycles. The Labute approximate surface area is 128 Å². The highest BCUT2D eigenvalue weighted by Gasteiger charge is 2.23. The molecule has 0 spiro atoms. The largest absolute Gasteiger partial charge is 0.394 e. The van der Waals surface area contributed by atoms with Gasteiger partial charge in [-0.2, -0.15) is 0 Å². The number of hydrogen-bond donors (Lipinski definition) is 1. The number of likely N-dealkylation sites (tertiary alicyclic amines) is 1. The fourth-order valence-electron chi connectivity index (χ4n) is 2.52. The molecule has 1 aliphatic rings. The Balaban J connectivity index is 2.08. The lowest BCUT2D eigenvalue weighted by Gasteiger charge is -2.27. The van der Waals surface area contributed by atoms with Gasteiger partial charge in [0.2, 0.25) is 5.91 Å². The first-order chi connectivity index (χ1) is 9.72. The van der Waals surface area contributed by atoms with E-state index in [1.54, 1.807) is 11.0 Å². The summed E-state index contributed by atoms with van der Waals surface area (Å²) in [4.78, 5) is 14.1. The highest BCUT2D eigenvalue weighted by Crippen LogP contribution is 2.19. The minimum Gasteiger partial charge on any atom is -0.394 e. The van der Waals surface area contributed by atoms with E-state index in [9.17, 15) is 9.90 Å². The number of rotatable bonds is 3. The van der Waals surface area contributed by atoms with Gasteiger partial charge in [-0.3, -0.25) is 4.79 Å². The van der Waals surface area contributed by atoms with Gasteiger partial charge in [0.25, 0.3) is 0 Å². The van der Waals surface area contributed by atoms with E-state index in [0.717, 1.165) is 42.3 Å². The zero-order valence-electron chi connectivity index (χ0n) is 11.5. The van der Waals surface area contributed by atoms with E-state index in [4.69, 9.17) is 0 Å². The average molecular weight is 338 g/mol. The molecule has 2 rings (SSSR count). The molecule has 1 heterocycles. The molecule has 1 N–H and O–H groups in total. The lowest BCUT2D eigenvalue weighted by Crippen LogP contribution is -2.41. The highest BCUT2D eigenvalue weighted by molar-refractivity contribution is 9.10. The van der Waals surface area contributed by atoms with E-state index in [1.807, 2.05) is 30.3 Å². The Morgan fingerprint density at radius 3 is 2.90 bits per heavy atom. The van der Waals surface area contributed by atoms with Crippen LogP contribution in [0.15, 0.2) is 34.8 Å². The molecule has 3 nitrogen and oxygen atoms in total. The number of aliphatic hydroxyl groups excluding tert-OH is 1. The molecular weight excluding hydrogens is 318 g/mol. The quantitative estimate of drug-likeness (QED) is 0.860. The van der Waals surface area contributed by atoms with Crippen molar-refractivity contribution in [2.75, 3.05) is 13.2 Å². The number of aliphatic hydroxyl groups is 1. The zero-order chi connectivity index (χ0) is 14.4. The molecule has 1 atom stereocenters. The van der Waals surface area contributed by atoms with Crippen LogP contribution in [0.2, 0.25) is 0 Å². The van der Waals surface area contributed by atoms with Gasteiger partial charge in [-0.05, 0) is 30.5 Å². The molecular formula is C16H20BrNO2. The van der Waals surface area contributed by atoms with Crippen LogP contribution in [0, 0.1) is 0 Å². The topological polar surface area (TPSA) is 40.5 Å². The molecule has 1 saturated heterocycles. The van der Waals surface area contributed by atoms with Gasteiger partial charge >= 0.3 is 0 Å². The molecule has 108 valence electrons. The monoisotopic (exact) mass is 337 g/mol. The van der Waals surface area contributed by atoms with E-state index in [0.29, 0.717) is 0 Å². The van der Waals surface area contributed by atoms with Crippen LogP contribution in [-0.4, -0.2) is 35.1 Å². The van der Waals surface area contributed by atoms with Gasteiger partial charge in [-0.15, -0.1) is 0 Å². The van der Waals surface area contributed by atoms with Crippen molar-refractivity contribution in [2.24, 2.45) is 0 Å². The van der Waals surface area contributed by atoms with E-state index in [-0.39, 0.29) is 18.6 Å². The lowest BCUT2D eigenvalue weighted by atomic mass is 10.1. The summed E-state index contributed by atoms with van der Waals surface area (Å²) in [7, 11) is 0. The van der Waals surface area contributed by atoms with Gasteiger partial charge in [0.15, 0.2) is 0 Å². The third-order valence-corrected chi connectivity index (χ3v) is 4.40. The standard InChI is InChI=1S/C16H20BrNO2/c17-15-8-4-3-6-13(15)9-10-16(20)18-11-5-1-2-7-14(18)12-19/h3-4,6,8-10,14,19H,1-2,5,7,11-12H2/b10-9+. The SMILES string of the molecule is O=C(/C=C/c1ccccc1Br)N1CCCCCC1CO. The Hall–Kier alpha value is -1.13. The van der Waals surface area contributed by atoms with Crippen molar-refractivity contribution < 1.29 is 9.90 Å². The summed E-state index contributed by atoms with van der Waals surface area (Å²) in [6.07, 6.45) is 7.56. The Morgan fingerprint density at radius 1 is 1.35 bits per heavy atom. The summed E-state index contributed by atoms with van der Waals surface area (Å²) < 4.78 is 0.971. The van der Waals surface area contributed by atoms with Crippen LogP contribution in [0.5, 0.6) is 0 Å². The number of hydrogen-bond acceptors (Lipinski definition) is 2. The van der Waals surface area contributed by atoms with Crippen molar-refractivity contribution in [3.05, 3.63) is 40.4 Å². The molecule has 20 heavy (non-hydrogen) atoms. The van der Waals surface area contributed by atoms with Crippen molar-refractivity contribution in [1.29, 1.82) is 0 Å². The molecule has 0 bridgehead atoms. The molecule has 0 radical (unpaired) electrons. The first kappa shape index (κ1) is 15.3. The van der Waals surface area contributed by atoms with E-state index in [2.05, 4.69) is 15.9 Å².